The van der Waals surface area contributed by atoms with Gasteiger partial charge in [-0.1, -0.05) is 33.2 Å². The van der Waals surface area contributed by atoms with Gasteiger partial charge in [-0.2, -0.15) is 0 Å². The van der Waals surface area contributed by atoms with Crippen LogP contribution in [0.4, 0.5) is 0 Å². The number of rotatable bonds is 4. The Bertz CT molecular complexity index is 495. The van der Waals surface area contributed by atoms with Crippen molar-refractivity contribution in [1.82, 2.24) is 0 Å². The van der Waals surface area contributed by atoms with Gasteiger partial charge < -0.3 is 9.36 Å². The van der Waals surface area contributed by atoms with Gasteiger partial charge in [0.15, 0.2) is 13.5 Å². The van der Waals surface area contributed by atoms with Gasteiger partial charge in [0.2, 0.25) is 0 Å². The van der Waals surface area contributed by atoms with Crippen LogP contribution in [0.25, 0.3) is 0 Å². The molecule has 1 unspecified atom stereocenters. The molecule has 0 amide bonds. The second kappa shape index (κ2) is 5.55. The van der Waals surface area contributed by atoms with Gasteiger partial charge in [0, 0.05) is 24.2 Å². The van der Waals surface area contributed by atoms with E-state index >= 15 is 0 Å². The number of hydrogen-bond acceptors (Lipinski definition) is 4. The molecule has 0 aromatic heterocycles. The molecule has 0 bridgehead atoms. The van der Waals surface area contributed by atoms with Crippen molar-refractivity contribution in [1.29, 1.82) is 0 Å². The summed E-state index contributed by atoms with van der Waals surface area (Å²) in [7, 11) is -2.45. The molecule has 1 aliphatic rings. The van der Waals surface area contributed by atoms with Gasteiger partial charge in [0.05, 0.1) is 12.3 Å². The zero-order valence-corrected chi connectivity index (χ0v) is 12.8. The van der Waals surface area contributed by atoms with Crippen molar-refractivity contribution in [2.45, 2.75) is 12.5 Å². The van der Waals surface area contributed by atoms with Gasteiger partial charge in [-0.15, -0.1) is 0 Å². The van der Waals surface area contributed by atoms with Gasteiger partial charge >= 0.3 is 0 Å². The van der Waals surface area contributed by atoms with Gasteiger partial charge in [-0.05, 0) is 17.7 Å². The summed E-state index contributed by atoms with van der Waals surface area (Å²) in [5, 5.41) is 4.05. The number of nitrogens with zero attached hydrogens (tertiary/aromatic N) is 1. The molecule has 0 saturated carbocycles. The van der Waals surface area contributed by atoms with Crippen LogP contribution in [0.3, 0.4) is 0 Å². The average Bonchev–Trinajstić information content (AvgIpc) is 2.75. The number of benzene rings is 1. The summed E-state index contributed by atoms with van der Waals surface area (Å²) < 4.78 is 17.7. The number of oxime groups is 1. The lowest BCUT2D eigenvalue weighted by Crippen LogP contribution is -2.15. The third-order valence-corrected chi connectivity index (χ3v) is 3.78. The Kier molecular flexibility index (Phi) is 4.25. The first-order valence-electron chi connectivity index (χ1n) is 5.62. The summed E-state index contributed by atoms with van der Waals surface area (Å²) >= 11 is 3.39. The molecule has 0 N–H and O–H groups in total. The average molecular weight is 332 g/mol. The van der Waals surface area contributed by atoms with Gasteiger partial charge in [0.1, 0.15) is 0 Å². The highest BCUT2D eigenvalue weighted by Gasteiger charge is 2.24. The minimum Gasteiger partial charge on any atom is -0.389 e. The first-order valence-corrected chi connectivity index (χ1v) is 8.93. The van der Waals surface area contributed by atoms with Crippen LogP contribution in [0.1, 0.15) is 12.0 Å². The molecule has 1 heterocycles. The smallest absolute Gasteiger partial charge is 0.197 e. The first-order chi connectivity index (χ1) is 8.44. The zero-order valence-electron chi connectivity index (χ0n) is 10.3. The Morgan fingerprint density at radius 3 is 2.72 bits per heavy atom. The monoisotopic (exact) mass is 331 g/mol. The highest BCUT2D eigenvalue weighted by Crippen LogP contribution is 2.37. The Hall–Kier alpha value is -0.640. The van der Waals surface area contributed by atoms with E-state index in [-0.39, 0.29) is 6.10 Å². The highest BCUT2D eigenvalue weighted by atomic mass is 79.9. The summed E-state index contributed by atoms with van der Waals surface area (Å²) in [5.41, 5.74) is 1.94. The van der Waals surface area contributed by atoms with Crippen LogP contribution in [0, 0.1) is 0 Å². The van der Waals surface area contributed by atoms with Crippen LogP contribution in [0.15, 0.2) is 33.9 Å². The Morgan fingerprint density at radius 1 is 1.44 bits per heavy atom. The third-order valence-electron chi connectivity index (χ3n) is 2.48. The molecule has 0 fully saturated rings. The Balaban J connectivity index is 1.92. The fourth-order valence-corrected chi connectivity index (χ4v) is 2.38. The van der Waals surface area contributed by atoms with E-state index in [2.05, 4.69) is 21.1 Å². The summed E-state index contributed by atoms with van der Waals surface area (Å²) in [6.07, 6.45) is 0.540. The zero-order chi connectivity index (χ0) is 13.2. The fourth-order valence-electron chi connectivity index (χ4n) is 1.59. The van der Waals surface area contributed by atoms with E-state index in [1.807, 2.05) is 24.3 Å². The normalized spacial score (nSPS) is 19.5. The number of halogens is 1. The summed E-state index contributed by atoms with van der Waals surface area (Å²) in [6.45, 7) is 3.50. The molecule has 2 rings (SSSR count). The van der Waals surface area contributed by atoms with Crippen LogP contribution < -0.4 is 0 Å². The minimum atomic E-state index is -2.45. The van der Waals surface area contributed by atoms with Gasteiger partial charge in [0.25, 0.3) is 0 Å². The van der Waals surface area contributed by atoms with Crippen molar-refractivity contribution in [2.24, 2.45) is 5.16 Å². The molecule has 1 aliphatic heterocycles. The Morgan fingerprint density at radius 2 is 2.11 bits per heavy atom. The first kappa shape index (κ1) is 13.8. The summed E-state index contributed by atoms with van der Waals surface area (Å²) in [4.78, 5) is 5.28. The molecule has 0 radical (unpaired) electrons. The maximum Gasteiger partial charge on any atom is 0.197 e. The van der Waals surface area contributed by atoms with Gasteiger partial charge in [-0.25, -0.2) is 0 Å². The molecular weight excluding hydrogens is 317 g/mol. The van der Waals surface area contributed by atoms with Crippen LogP contribution in [0.2, 0.25) is 0 Å². The van der Waals surface area contributed by atoms with E-state index in [0.29, 0.717) is 13.0 Å². The predicted octanol–water partition coefficient (Wildman–Crippen LogP) is 3.50. The van der Waals surface area contributed by atoms with E-state index in [9.17, 15) is 4.57 Å². The fraction of sp³-hybridized carbons (Fsp3) is 0.417. The van der Waals surface area contributed by atoms with Crippen LogP contribution in [0.5, 0.6) is 0 Å². The van der Waals surface area contributed by atoms with Crippen LogP contribution in [-0.4, -0.2) is 31.8 Å². The molecule has 0 aliphatic carbocycles. The molecule has 98 valence electrons. The van der Waals surface area contributed by atoms with Crippen molar-refractivity contribution in [3.05, 3.63) is 34.3 Å². The van der Waals surface area contributed by atoms with Crippen molar-refractivity contribution >= 4 is 29.0 Å². The van der Waals surface area contributed by atoms with E-state index in [4.69, 9.17) is 9.36 Å². The molecular formula is C12H15BrNO3P. The molecule has 4 nitrogen and oxygen atoms in total. The predicted molar refractivity (Wildman–Crippen MR) is 75.6 cm³/mol. The maximum absolute atomic E-state index is 11.4. The standard InChI is InChI=1S/C12H15BrNO3P/c1-18(2,15)16-8-11-7-12(14-17-11)9-3-5-10(13)6-4-9/h3-6,11H,7-8H2,1-2H3. The second-order valence-electron chi connectivity index (χ2n) is 4.52. The SMILES string of the molecule is CP(C)(=O)OCC1CC(c2ccc(Br)cc2)=NO1. The van der Waals surface area contributed by atoms with E-state index in [0.717, 1.165) is 15.7 Å². The van der Waals surface area contributed by atoms with Crippen LogP contribution >= 0.6 is 23.3 Å². The lowest BCUT2D eigenvalue weighted by atomic mass is 10.1. The molecule has 18 heavy (non-hydrogen) atoms. The van der Waals surface area contributed by atoms with Crippen molar-refractivity contribution in [3.63, 3.8) is 0 Å². The van der Waals surface area contributed by atoms with Crippen molar-refractivity contribution in [2.75, 3.05) is 19.9 Å². The van der Waals surface area contributed by atoms with Crippen molar-refractivity contribution in [3.8, 4) is 0 Å². The molecule has 1 aromatic carbocycles. The van der Waals surface area contributed by atoms with E-state index in [1.165, 1.54) is 0 Å². The van der Waals surface area contributed by atoms with E-state index in [1.54, 1.807) is 13.3 Å². The molecule has 0 saturated heterocycles. The summed E-state index contributed by atoms with van der Waals surface area (Å²) in [6, 6.07) is 7.90. The Labute approximate surface area is 115 Å². The quantitative estimate of drug-likeness (QED) is 0.793. The van der Waals surface area contributed by atoms with E-state index < -0.39 is 7.37 Å². The summed E-state index contributed by atoms with van der Waals surface area (Å²) in [5.74, 6) is 0. The molecule has 0 spiro atoms. The molecule has 6 heteroatoms. The molecule has 1 atom stereocenters. The maximum atomic E-state index is 11.4. The lowest BCUT2D eigenvalue weighted by molar-refractivity contribution is 0.0485. The second-order valence-corrected chi connectivity index (χ2v) is 8.20. The number of hydrogen-bond donors (Lipinski definition) is 0. The largest absolute Gasteiger partial charge is 0.389 e. The minimum absolute atomic E-state index is 0.142. The van der Waals surface area contributed by atoms with Crippen molar-refractivity contribution < 1.29 is 13.9 Å². The topological polar surface area (TPSA) is 47.9 Å². The highest BCUT2D eigenvalue weighted by molar-refractivity contribution is 9.10. The molecule has 1 aromatic rings. The third kappa shape index (κ3) is 3.94. The van der Waals surface area contributed by atoms with Gasteiger partial charge in [-0.3, -0.25) is 4.57 Å². The lowest BCUT2D eigenvalue weighted by Gasteiger charge is -2.11. The van der Waals surface area contributed by atoms with Crippen LogP contribution in [-0.2, 0) is 13.9 Å².